The van der Waals surface area contributed by atoms with Crippen molar-refractivity contribution in [3.8, 4) is 0 Å². The summed E-state index contributed by atoms with van der Waals surface area (Å²) in [5.74, 6) is -1.16. The Hall–Kier alpha value is -3.20. The molecule has 2 aromatic carbocycles. The van der Waals surface area contributed by atoms with Gasteiger partial charge in [-0.15, -0.1) is 0 Å². The molecule has 2 heterocycles. The molecule has 32 heavy (non-hydrogen) atoms. The van der Waals surface area contributed by atoms with E-state index >= 15 is 0 Å². The molecule has 0 radical (unpaired) electrons. The van der Waals surface area contributed by atoms with Crippen LogP contribution in [0.4, 0.5) is 15.8 Å². The van der Waals surface area contributed by atoms with Crippen molar-refractivity contribution in [3.05, 3.63) is 68.5 Å². The van der Waals surface area contributed by atoms with Crippen LogP contribution < -0.4 is 4.90 Å². The van der Waals surface area contributed by atoms with Crippen LogP contribution in [0.5, 0.6) is 0 Å². The zero-order chi connectivity index (χ0) is 22.8. The Morgan fingerprint density at radius 2 is 1.53 bits per heavy atom. The van der Waals surface area contributed by atoms with Gasteiger partial charge in [-0.1, -0.05) is 11.6 Å². The zero-order valence-electron chi connectivity index (χ0n) is 17.3. The van der Waals surface area contributed by atoms with Crippen molar-refractivity contribution in [2.24, 2.45) is 0 Å². The number of piperazine rings is 1. The van der Waals surface area contributed by atoms with Gasteiger partial charge in [-0.2, -0.15) is 0 Å². The third kappa shape index (κ3) is 4.38. The number of hydrogen-bond donors (Lipinski definition) is 0. The molecule has 10 heteroatoms. The minimum atomic E-state index is -0.521. The zero-order valence-corrected chi connectivity index (χ0v) is 18.1. The predicted molar refractivity (Wildman–Crippen MR) is 118 cm³/mol. The summed E-state index contributed by atoms with van der Waals surface area (Å²) in [6.45, 7) is 2.67. The van der Waals surface area contributed by atoms with Crippen molar-refractivity contribution >= 4 is 34.8 Å². The van der Waals surface area contributed by atoms with E-state index in [4.69, 9.17) is 11.6 Å². The van der Waals surface area contributed by atoms with Crippen molar-refractivity contribution in [2.75, 3.05) is 44.2 Å². The number of benzene rings is 2. The molecule has 0 aliphatic carbocycles. The van der Waals surface area contributed by atoms with Crippen LogP contribution in [-0.2, 0) is 0 Å². The van der Waals surface area contributed by atoms with Crippen LogP contribution in [-0.4, -0.2) is 65.8 Å². The van der Waals surface area contributed by atoms with Gasteiger partial charge in [-0.25, -0.2) is 4.39 Å². The highest BCUT2D eigenvalue weighted by molar-refractivity contribution is 6.33. The van der Waals surface area contributed by atoms with E-state index in [0.717, 1.165) is 32.0 Å². The normalized spacial score (nSPS) is 16.4. The third-order valence-electron chi connectivity index (χ3n) is 5.88. The Balaban J connectivity index is 1.44. The molecule has 0 bridgehead atoms. The van der Waals surface area contributed by atoms with Gasteiger partial charge in [0.05, 0.1) is 15.5 Å². The lowest BCUT2D eigenvalue weighted by Gasteiger charge is -2.35. The number of amides is 2. The van der Waals surface area contributed by atoms with Gasteiger partial charge in [0.2, 0.25) is 0 Å². The van der Waals surface area contributed by atoms with E-state index in [-0.39, 0.29) is 59.8 Å². The highest BCUT2D eigenvalue weighted by atomic mass is 35.5. The number of nitro groups is 1. The summed E-state index contributed by atoms with van der Waals surface area (Å²) in [5, 5.41) is 11.6. The second-order valence-electron chi connectivity index (χ2n) is 7.86. The summed E-state index contributed by atoms with van der Waals surface area (Å²) in [6.07, 6.45) is 1.98. The van der Waals surface area contributed by atoms with Crippen LogP contribution in [0.2, 0.25) is 5.02 Å². The lowest BCUT2D eigenvalue weighted by molar-refractivity contribution is -0.384. The van der Waals surface area contributed by atoms with Gasteiger partial charge < -0.3 is 14.7 Å². The first-order valence-corrected chi connectivity index (χ1v) is 10.8. The van der Waals surface area contributed by atoms with Crippen molar-refractivity contribution in [3.63, 3.8) is 0 Å². The third-order valence-corrected chi connectivity index (χ3v) is 6.19. The van der Waals surface area contributed by atoms with Gasteiger partial charge in [-0.3, -0.25) is 19.7 Å². The van der Waals surface area contributed by atoms with Crippen LogP contribution in [0.1, 0.15) is 33.6 Å². The summed E-state index contributed by atoms with van der Waals surface area (Å²) < 4.78 is 13.2. The van der Waals surface area contributed by atoms with Crippen LogP contribution >= 0.6 is 11.6 Å². The smallest absolute Gasteiger partial charge is 0.293 e. The average molecular weight is 461 g/mol. The average Bonchev–Trinajstić information content (AvgIpc) is 3.33. The second kappa shape index (κ2) is 9.12. The molecular formula is C22H22ClFN4O4. The topological polar surface area (TPSA) is 87.0 Å². The first-order chi connectivity index (χ1) is 15.3. The predicted octanol–water partition coefficient (Wildman–Crippen LogP) is 3.59. The van der Waals surface area contributed by atoms with Gasteiger partial charge in [0.25, 0.3) is 17.5 Å². The molecule has 4 rings (SSSR count). The number of anilines is 1. The number of carbonyl (C=O) groups is 2. The van der Waals surface area contributed by atoms with Crippen molar-refractivity contribution in [2.45, 2.75) is 12.8 Å². The van der Waals surface area contributed by atoms with E-state index in [1.165, 1.54) is 18.2 Å². The highest BCUT2D eigenvalue weighted by Gasteiger charge is 2.29. The maximum Gasteiger partial charge on any atom is 0.293 e. The van der Waals surface area contributed by atoms with Crippen LogP contribution in [0, 0.1) is 15.9 Å². The highest BCUT2D eigenvalue weighted by Crippen LogP contribution is 2.32. The molecule has 0 saturated carbocycles. The first-order valence-electron chi connectivity index (χ1n) is 10.4. The fourth-order valence-electron chi connectivity index (χ4n) is 4.16. The van der Waals surface area contributed by atoms with E-state index in [1.807, 2.05) is 4.90 Å². The monoisotopic (exact) mass is 460 g/mol. The molecule has 0 N–H and O–H groups in total. The molecule has 0 atom stereocenters. The number of rotatable bonds is 4. The van der Waals surface area contributed by atoms with Gasteiger partial charge in [-0.05, 0) is 43.2 Å². The molecule has 0 spiro atoms. The SMILES string of the molecule is O=C(c1ccc(N2CCCC2)c([N+](=O)[O-])c1)N1CCN(C(=O)c2ccc(F)cc2Cl)CC1. The maximum atomic E-state index is 13.2. The van der Waals surface area contributed by atoms with Gasteiger partial charge in [0, 0.05) is 50.9 Å². The van der Waals surface area contributed by atoms with Crippen LogP contribution in [0.25, 0.3) is 0 Å². The standard InChI is InChI=1S/C22H22ClFN4O4/c23-18-14-16(24)4-5-17(18)22(30)27-11-9-26(10-12-27)21(29)15-3-6-19(20(13-15)28(31)32)25-7-1-2-8-25/h3-6,13-14H,1-2,7-12H2. The minimum Gasteiger partial charge on any atom is -0.366 e. The first kappa shape index (κ1) is 22.0. The van der Waals surface area contributed by atoms with E-state index in [0.29, 0.717) is 5.69 Å². The summed E-state index contributed by atoms with van der Waals surface area (Å²) in [5.41, 5.74) is 0.926. The molecule has 0 aromatic heterocycles. The van der Waals surface area contributed by atoms with Crippen molar-refractivity contribution < 1.29 is 18.9 Å². The summed E-state index contributed by atoms with van der Waals surface area (Å²) >= 11 is 5.99. The fourth-order valence-corrected chi connectivity index (χ4v) is 4.40. The molecule has 2 fully saturated rings. The Morgan fingerprint density at radius 3 is 2.12 bits per heavy atom. The number of nitrogens with zero attached hydrogens (tertiary/aromatic N) is 4. The van der Waals surface area contributed by atoms with E-state index in [2.05, 4.69) is 0 Å². The van der Waals surface area contributed by atoms with Crippen LogP contribution in [0.3, 0.4) is 0 Å². The molecular weight excluding hydrogens is 439 g/mol. The maximum absolute atomic E-state index is 13.2. The lowest BCUT2D eigenvalue weighted by Crippen LogP contribution is -2.50. The van der Waals surface area contributed by atoms with E-state index in [1.54, 1.807) is 21.9 Å². The summed E-state index contributed by atoms with van der Waals surface area (Å²) in [7, 11) is 0. The quantitative estimate of drug-likeness (QED) is 0.514. The minimum absolute atomic E-state index is 0.0407. The molecule has 8 nitrogen and oxygen atoms in total. The molecule has 2 amide bonds. The molecule has 0 unspecified atom stereocenters. The lowest BCUT2D eigenvalue weighted by atomic mass is 10.1. The van der Waals surface area contributed by atoms with Crippen molar-refractivity contribution in [1.29, 1.82) is 0 Å². The molecule has 2 aromatic rings. The number of hydrogen-bond acceptors (Lipinski definition) is 5. The molecule has 2 aliphatic heterocycles. The Bertz CT molecular complexity index is 1070. The largest absolute Gasteiger partial charge is 0.366 e. The summed E-state index contributed by atoms with van der Waals surface area (Å²) in [6, 6.07) is 8.22. The molecule has 2 saturated heterocycles. The number of nitro benzene ring substituents is 1. The Kier molecular flexibility index (Phi) is 6.27. The van der Waals surface area contributed by atoms with E-state index < -0.39 is 10.7 Å². The van der Waals surface area contributed by atoms with Gasteiger partial charge in [0.1, 0.15) is 11.5 Å². The van der Waals surface area contributed by atoms with Crippen molar-refractivity contribution in [1.82, 2.24) is 9.80 Å². The Labute approximate surface area is 189 Å². The summed E-state index contributed by atoms with van der Waals surface area (Å²) in [4.78, 5) is 41.9. The number of halogens is 2. The molecule has 168 valence electrons. The molecule has 2 aliphatic rings. The van der Waals surface area contributed by atoms with E-state index in [9.17, 15) is 24.1 Å². The van der Waals surface area contributed by atoms with Gasteiger partial charge in [0.15, 0.2) is 0 Å². The fraction of sp³-hybridized carbons (Fsp3) is 0.364. The number of carbonyl (C=O) groups excluding carboxylic acids is 2. The van der Waals surface area contributed by atoms with Gasteiger partial charge >= 0.3 is 0 Å². The second-order valence-corrected chi connectivity index (χ2v) is 8.27. The van der Waals surface area contributed by atoms with Crippen LogP contribution in [0.15, 0.2) is 36.4 Å². The Morgan fingerprint density at radius 1 is 0.906 bits per heavy atom.